The Morgan fingerprint density at radius 3 is 2.29 bits per heavy atom. The summed E-state index contributed by atoms with van der Waals surface area (Å²) in [6, 6.07) is 12.4. The molecule has 5 nitrogen and oxygen atoms in total. The van der Waals surface area contributed by atoms with E-state index in [-0.39, 0.29) is 31.4 Å². The van der Waals surface area contributed by atoms with Crippen molar-refractivity contribution in [3.63, 3.8) is 0 Å². The van der Waals surface area contributed by atoms with Gasteiger partial charge in [-0.3, -0.25) is 9.59 Å². The Kier molecular flexibility index (Phi) is 6.57. The van der Waals surface area contributed by atoms with Crippen molar-refractivity contribution in [1.82, 2.24) is 10.6 Å². The van der Waals surface area contributed by atoms with Gasteiger partial charge in [-0.05, 0) is 42.0 Å². The molecule has 24 heavy (non-hydrogen) atoms. The molecule has 0 saturated heterocycles. The molecular formula is C17H16ClFN2O3. The lowest BCUT2D eigenvalue weighted by molar-refractivity contribution is -0.127. The number of benzene rings is 2. The summed E-state index contributed by atoms with van der Waals surface area (Å²) in [6.07, 6.45) is 0. The molecule has 0 spiro atoms. The fourth-order valence-electron chi connectivity index (χ4n) is 1.78. The van der Waals surface area contributed by atoms with E-state index in [1.807, 2.05) is 0 Å². The lowest BCUT2D eigenvalue weighted by Crippen LogP contribution is -2.38. The topological polar surface area (TPSA) is 67.4 Å². The Bertz CT molecular complexity index is 628. The average Bonchev–Trinajstić information content (AvgIpc) is 2.59. The van der Waals surface area contributed by atoms with Crippen LogP contribution in [0.2, 0.25) is 5.02 Å². The first-order valence-electron chi connectivity index (χ1n) is 7.19. The van der Waals surface area contributed by atoms with Gasteiger partial charge >= 0.3 is 0 Å². The molecule has 2 aromatic carbocycles. The van der Waals surface area contributed by atoms with Crippen LogP contribution in [0.25, 0.3) is 0 Å². The number of carbonyl (C=O) groups is 2. The number of amides is 2. The number of halogens is 2. The maximum atomic E-state index is 12.8. The Hall–Kier alpha value is -2.60. The van der Waals surface area contributed by atoms with Crippen molar-refractivity contribution in [2.24, 2.45) is 0 Å². The number of hydrogen-bond acceptors (Lipinski definition) is 3. The smallest absolute Gasteiger partial charge is 0.258 e. The van der Waals surface area contributed by atoms with Crippen LogP contribution in [0.4, 0.5) is 4.39 Å². The molecule has 126 valence electrons. The van der Waals surface area contributed by atoms with Crippen LogP contribution in [0.1, 0.15) is 5.56 Å². The third kappa shape index (κ3) is 6.26. The van der Waals surface area contributed by atoms with Crippen LogP contribution in [0.3, 0.4) is 0 Å². The SMILES string of the molecule is O=C(CNC(=O)COc1ccc(Cl)cc1)NCc1ccc(F)cc1. The van der Waals surface area contributed by atoms with Gasteiger partial charge in [-0.1, -0.05) is 23.7 Å². The Morgan fingerprint density at radius 1 is 0.958 bits per heavy atom. The summed E-state index contributed by atoms with van der Waals surface area (Å²) < 4.78 is 18.0. The lowest BCUT2D eigenvalue weighted by atomic mass is 10.2. The first-order chi connectivity index (χ1) is 11.5. The molecular weight excluding hydrogens is 335 g/mol. The van der Waals surface area contributed by atoms with Crippen LogP contribution in [0.5, 0.6) is 5.75 Å². The van der Waals surface area contributed by atoms with E-state index >= 15 is 0 Å². The molecule has 0 aliphatic carbocycles. The van der Waals surface area contributed by atoms with Crippen LogP contribution < -0.4 is 15.4 Å². The lowest BCUT2D eigenvalue weighted by Gasteiger charge is -2.08. The van der Waals surface area contributed by atoms with Gasteiger partial charge < -0.3 is 15.4 Å². The summed E-state index contributed by atoms with van der Waals surface area (Å²) in [4.78, 5) is 23.3. The Morgan fingerprint density at radius 2 is 1.62 bits per heavy atom. The third-order valence-electron chi connectivity index (χ3n) is 3.03. The van der Waals surface area contributed by atoms with Gasteiger partial charge in [0.1, 0.15) is 11.6 Å². The molecule has 0 atom stereocenters. The monoisotopic (exact) mass is 350 g/mol. The Labute approximate surface area is 143 Å². The molecule has 2 amide bonds. The first kappa shape index (κ1) is 17.7. The van der Waals surface area contributed by atoms with E-state index < -0.39 is 5.91 Å². The summed E-state index contributed by atoms with van der Waals surface area (Å²) in [5, 5.41) is 5.64. The fraction of sp³-hybridized carbons (Fsp3) is 0.176. The minimum absolute atomic E-state index is 0.163. The quantitative estimate of drug-likeness (QED) is 0.805. The highest BCUT2D eigenvalue weighted by atomic mass is 35.5. The average molecular weight is 351 g/mol. The highest BCUT2D eigenvalue weighted by molar-refractivity contribution is 6.30. The van der Waals surface area contributed by atoms with Gasteiger partial charge in [-0.15, -0.1) is 0 Å². The summed E-state index contributed by atoms with van der Waals surface area (Å²) in [5.74, 6) is -0.589. The van der Waals surface area contributed by atoms with Gasteiger partial charge in [0.2, 0.25) is 5.91 Å². The molecule has 0 unspecified atom stereocenters. The van der Waals surface area contributed by atoms with E-state index in [1.54, 1.807) is 36.4 Å². The number of carbonyl (C=O) groups excluding carboxylic acids is 2. The van der Waals surface area contributed by atoms with Gasteiger partial charge in [-0.25, -0.2) is 4.39 Å². The van der Waals surface area contributed by atoms with Gasteiger partial charge in [0.15, 0.2) is 6.61 Å². The standard InChI is InChI=1S/C17H16ClFN2O3/c18-13-3-7-15(8-4-13)24-11-17(23)21-10-16(22)20-9-12-1-5-14(19)6-2-12/h1-8H,9-11H2,(H,20,22)(H,21,23). The van der Waals surface area contributed by atoms with Gasteiger partial charge in [0.25, 0.3) is 5.91 Å². The predicted octanol–water partition coefficient (Wildman–Crippen LogP) is 2.29. The van der Waals surface area contributed by atoms with Crippen LogP contribution >= 0.6 is 11.6 Å². The number of hydrogen-bond donors (Lipinski definition) is 2. The zero-order chi connectivity index (χ0) is 17.4. The van der Waals surface area contributed by atoms with Crippen LogP contribution in [0, 0.1) is 5.82 Å². The van der Waals surface area contributed by atoms with Gasteiger partial charge in [0.05, 0.1) is 6.54 Å². The maximum absolute atomic E-state index is 12.8. The summed E-state index contributed by atoms with van der Waals surface area (Å²) in [7, 11) is 0. The number of ether oxygens (including phenoxy) is 1. The van der Waals surface area contributed by atoms with Crippen LogP contribution in [-0.2, 0) is 16.1 Å². The van der Waals surface area contributed by atoms with Crippen molar-refractivity contribution in [2.45, 2.75) is 6.54 Å². The van der Waals surface area contributed by atoms with Crippen molar-refractivity contribution >= 4 is 23.4 Å². The molecule has 0 bridgehead atoms. The van der Waals surface area contributed by atoms with Crippen molar-refractivity contribution in [2.75, 3.05) is 13.2 Å². The van der Waals surface area contributed by atoms with Crippen LogP contribution in [-0.4, -0.2) is 25.0 Å². The number of rotatable bonds is 7. The van der Waals surface area contributed by atoms with Crippen molar-refractivity contribution < 1.29 is 18.7 Å². The predicted molar refractivity (Wildman–Crippen MR) is 88.2 cm³/mol. The molecule has 0 aromatic heterocycles. The highest BCUT2D eigenvalue weighted by Gasteiger charge is 2.06. The summed E-state index contributed by atoms with van der Waals surface area (Å²) >= 11 is 5.74. The van der Waals surface area contributed by atoms with Crippen LogP contribution in [0.15, 0.2) is 48.5 Å². The molecule has 0 radical (unpaired) electrons. The highest BCUT2D eigenvalue weighted by Crippen LogP contribution is 2.15. The molecule has 0 saturated carbocycles. The van der Waals surface area contributed by atoms with E-state index in [1.165, 1.54) is 12.1 Å². The molecule has 0 aliphatic heterocycles. The van der Waals surface area contributed by atoms with E-state index in [2.05, 4.69) is 10.6 Å². The molecule has 0 heterocycles. The summed E-state index contributed by atoms with van der Waals surface area (Å²) in [5.41, 5.74) is 0.766. The molecule has 0 fully saturated rings. The number of nitrogens with one attached hydrogen (secondary N) is 2. The molecule has 7 heteroatoms. The Balaban J connectivity index is 1.64. The zero-order valence-electron chi connectivity index (χ0n) is 12.7. The maximum Gasteiger partial charge on any atom is 0.258 e. The van der Waals surface area contributed by atoms with Gasteiger partial charge in [-0.2, -0.15) is 0 Å². The summed E-state index contributed by atoms with van der Waals surface area (Å²) in [6.45, 7) is -0.104. The third-order valence-corrected chi connectivity index (χ3v) is 3.28. The first-order valence-corrected chi connectivity index (χ1v) is 7.57. The van der Waals surface area contributed by atoms with E-state index in [0.29, 0.717) is 10.8 Å². The van der Waals surface area contributed by atoms with Crippen molar-refractivity contribution in [1.29, 1.82) is 0 Å². The second-order valence-corrected chi connectivity index (χ2v) is 5.36. The molecule has 2 aromatic rings. The van der Waals surface area contributed by atoms with Crippen molar-refractivity contribution in [3.05, 3.63) is 64.9 Å². The second kappa shape index (κ2) is 8.88. The minimum atomic E-state index is -0.415. The second-order valence-electron chi connectivity index (χ2n) is 4.92. The molecule has 2 rings (SSSR count). The largest absolute Gasteiger partial charge is 0.484 e. The molecule has 0 aliphatic rings. The van der Waals surface area contributed by atoms with Crippen molar-refractivity contribution in [3.8, 4) is 5.75 Å². The van der Waals surface area contributed by atoms with Gasteiger partial charge in [0, 0.05) is 11.6 Å². The van der Waals surface area contributed by atoms with E-state index in [4.69, 9.17) is 16.3 Å². The minimum Gasteiger partial charge on any atom is -0.484 e. The normalized spacial score (nSPS) is 10.1. The zero-order valence-corrected chi connectivity index (χ0v) is 13.5. The molecule has 2 N–H and O–H groups in total. The van der Waals surface area contributed by atoms with E-state index in [9.17, 15) is 14.0 Å². The van der Waals surface area contributed by atoms with E-state index in [0.717, 1.165) is 5.56 Å². The fourth-order valence-corrected chi connectivity index (χ4v) is 1.90.